The molecule has 0 saturated carbocycles. The number of ether oxygens (including phenoxy) is 2. The van der Waals surface area contributed by atoms with E-state index in [2.05, 4.69) is 21.4 Å². The predicted octanol–water partition coefficient (Wildman–Crippen LogP) is 2.20. The summed E-state index contributed by atoms with van der Waals surface area (Å²) >= 11 is 16.1. The Morgan fingerprint density at radius 3 is 2.47 bits per heavy atom. The van der Waals surface area contributed by atoms with E-state index >= 15 is 0 Å². The lowest BCUT2D eigenvalue weighted by molar-refractivity contribution is -0.142. The normalized spacial score (nSPS) is 12.5. The molecule has 0 heterocycles. The average Bonchev–Trinajstić information content (AvgIpc) is 2.24. The molecule has 1 unspecified atom stereocenters. The molecule has 98 valence electrons. The number of esters is 1. The maximum atomic E-state index is 11.2. The summed E-state index contributed by atoms with van der Waals surface area (Å²) in [6, 6.07) is -0.875. The quantitative estimate of drug-likeness (QED) is 0.480. The third kappa shape index (κ3) is 8.12. The van der Waals surface area contributed by atoms with Gasteiger partial charge in [0.25, 0.3) is 0 Å². The van der Waals surface area contributed by atoms with E-state index < -0.39 is 28.5 Å². The molecule has 0 spiro atoms. The first-order chi connectivity index (χ1) is 7.80. The van der Waals surface area contributed by atoms with Crippen LogP contribution in [0.3, 0.4) is 0 Å². The maximum absolute atomic E-state index is 11.2. The van der Waals surface area contributed by atoms with Gasteiger partial charge in [-0.05, 0) is 6.42 Å². The standard InChI is InChI=1S/C9H12Cl3NO4/c1-3-4-6(7(14)16-2)13-8(15)17-5-9(10,11)12/h3,6H,1,4-5H2,2H3,(H,13,15). The van der Waals surface area contributed by atoms with E-state index in [1.807, 2.05) is 0 Å². The van der Waals surface area contributed by atoms with Gasteiger partial charge in [0, 0.05) is 0 Å². The zero-order valence-corrected chi connectivity index (χ0v) is 11.3. The van der Waals surface area contributed by atoms with Crippen molar-refractivity contribution in [1.29, 1.82) is 0 Å². The number of hydrogen-bond donors (Lipinski definition) is 1. The van der Waals surface area contributed by atoms with Crippen molar-refractivity contribution in [3.05, 3.63) is 12.7 Å². The van der Waals surface area contributed by atoms with Crippen molar-refractivity contribution < 1.29 is 19.1 Å². The number of hydrogen-bond acceptors (Lipinski definition) is 4. The average molecular weight is 305 g/mol. The van der Waals surface area contributed by atoms with Crippen LogP contribution in [0.1, 0.15) is 6.42 Å². The molecule has 8 heteroatoms. The van der Waals surface area contributed by atoms with E-state index in [-0.39, 0.29) is 6.42 Å². The summed E-state index contributed by atoms with van der Waals surface area (Å²) in [6.45, 7) is 3.02. The second kappa shape index (κ2) is 7.63. The molecule has 0 aromatic rings. The van der Waals surface area contributed by atoms with E-state index in [0.717, 1.165) is 0 Å². The number of nitrogens with one attached hydrogen (secondary N) is 1. The summed E-state index contributed by atoms with van der Waals surface area (Å²) in [7, 11) is 1.20. The molecule has 0 aromatic carbocycles. The minimum atomic E-state index is -1.70. The first-order valence-corrected chi connectivity index (χ1v) is 5.62. The Hall–Kier alpha value is -0.650. The van der Waals surface area contributed by atoms with Crippen molar-refractivity contribution in [2.45, 2.75) is 16.3 Å². The molecular formula is C9H12Cl3NO4. The number of methoxy groups -OCH3 is 1. The minimum absolute atomic E-state index is 0.204. The van der Waals surface area contributed by atoms with Gasteiger partial charge in [-0.25, -0.2) is 9.59 Å². The summed E-state index contributed by atoms with van der Waals surface area (Å²) in [5, 5.41) is 2.26. The van der Waals surface area contributed by atoms with E-state index in [1.165, 1.54) is 13.2 Å². The van der Waals surface area contributed by atoms with Crippen molar-refractivity contribution in [3.63, 3.8) is 0 Å². The molecule has 0 saturated heterocycles. The van der Waals surface area contributed by atoms with E-state index in [1.54, 1.807) is 0 Å². The van der Waals surface area contributed by atoms with Crippen LogP contribution in [0.2, 0.25) is 0 Å². The molecule has 0 aliphatic rings. The lowest BCUT2D eigenvalue weighted by atomic mass is 10.2. The van der Waals surface area contributed by atoms with Crippen molar-refractivity contribution in [1.82, 2.24) is 5.32 Å². The number of halogens is 3. The van der Waals surface area contributed by atoms with Crippen molar-refractivity contribution >= 4 is 46.9 Å². The molecule has 1 atom stereocenters. The van der Waals surface area contributed by atoms with Gasteiger partial charge in [-0.2, -0.15) is 0 Å². The Morgan fingerprint density at radius 1 is 1.47 bits per heavy atom. The van der Waals surface area contributed by atoms with Crippen molar-refractivity contribution in [3.8, 4) is 0 Å². The Bertz CT molecular complexity index is 290. The Labute approximate surface area is 114 Å². The van der Waals surface area contributed by atoms with Gasteiger partial charge in [0.2, 0.25) is 3.79 Å². The summed E-state index contributed by atoms with van der Waals surface area (Å²) < 4.78 is 7.37. The highest BCUT2D eigenvalue weighted by Crippen LogP contribution is 2.25. The van der Waals surface area contributed by atoms with Crippen molar-refractivity contribution in [2.75, 3.05) is 13.7 Å². The van der Waals surface area contributed by atoms with Crippen LogP contribution in [-0.4, -0.2) is 35.6 Å². The van der Waals surface area contributed by atoms with Crippen molar-refractivity contribution in [2.24, 2.45) is 0 Å². The summed E-state index contributed by atoms with van der Waals surface area (Å²) in [5.74, 6) is -0.615. The molecule has 0 bridgehead atoms. The smallest absolute Gasteiger partial charge is 0.408 e. The first kappa shape index (κ1) is 16.4. The zero-order valence-electron chi connectivity index (χ0n) is 9.04. The SMILES string of the molecule is C=CCC(NC(=O)OCC(Cl)(Cl)Cl)C(=O)OC. The highest BCUT2D eigenvalue weighted by atomic mass is 35.6. The first-order valence-electron chi connectivity index (χ1n) is 4.49. The number of alkyl halides is 3. The van der Waals surface area contributed by atoms with E-state index in [0.29, 0.717) is 0 Å². The Balaban J connectivity index is 4.22. The minimum Gasteiger partial charge on any atom is -0.467 e. The predicted molar refractivity (Wildman–Crippen MR) is 65.4 cm³/mol. The van der Waals surface area contributed by atoms with Crippen LogP contribution in [0.4, 0.5) is 4.79 Å². The molecule has 0 aromatic heterocycles. The van der Waals surface area contributed by atoms with E-state index in [4.69, 9.17) is 34.8 Å². The van der Waals surface area contributed by atoms with Crippen LogP contribution in [0.25, 0.3) is 0 Å². The van der Waals surface area contributed by atoms with E-state index in [9.17, 15) is 9.59 Å². The monoisotopic (exact) mass is 303 g/mol. The van der Waals surface area contributed by atoms with Crippen LogP contribution in [0.5, 0.6) is 0 Å². The number of rotatable bonds is 5. The summed E-state index contributed by atoms with van der Waals surface area (Å²) in [5.41, 5.74) is 0. The zero-order chi connectivity index (χ0) is 13.5. The van der Waals surface area contributed by atoms with Gasteiger partial charge in [0.15, 0.2) is 0 Å². The highest BCUT2D eigenvalue weighted by Gasteiger charge is 2.25. The molecule has 0 fully saturated rings. The van der Waals surface area contributed by atoms with Crippen LogP contribution in [0, 0.1) is 0 Å². The molecule has 17 heavy (non-hydrogen) atoms. The summed E-state index contributed by atoms with van der Waals surface area (Å²) in [6.07, 6.45) is 0.778. The van der Waals surface area contributed by atoms with Gasteiger partial charge >= 0.3 is 12.1 Å². The molecule has 1 amide bonds. The fraction of sp³-hybridized carbons (Fsp3) is 0.556. The lowest BCUT2D eigenvalue weighted by Gasteiger charge is -2.16. The summed E-state index contributed by atoms with van der Waals surface area (Å²) in [4.78, 5) is 22.5. The molecule has 0 rings (SSSR count). The van der Waals surface area contributed by atoms with Gasteiger partial charge in [0.1, 0.15) is 12.6 Å². The lowest BCUT2D eigenvalue weighted by Crippen LogP contribution is -2.42. The molecule has 5 nitrogen and oxygen atoms in total. The molecule has 0 radical (unpaired) electrons. The molecular weight excluding hydrogens is 292 g/mol. The molecule has 0 aliphatic heterocycles. The Morgan fingerprint density at radius 2 is 2.06 bits per heavy atom. The van der Waals surface area contributed by atoms with Gasteiger partial charge in [0.05, 0.1) is 7.11 Å². The van der Waals surface area contributed by atoms with Gasteiger partial charge in [-0.1, -0.05) is 40.9 Å². The second-order valence-corrected chi connectivity index (χ2v) is 5.45. The topological polar surface area (TPSA) is 64.6 Å². The number of alkyl carbamates (subject to hydrolysis) is 1. The third-order valence-corrected chi connectivity index (χ3v) is 1.87. The largest absolute Gasteiger partial charge is 0.467 e. The fourth-order valence-electron chi connectivity index (χ4n) is 0.854. The number of carbonyl (C=O) groups excluding carboxylic acids is 2. The molecule has 1 N–H and O–H groups in total. The second-order valence-electron chi connectivity index (χ2n) is 2.94. The van der Waals surface area contributed by atoms with Crippen LogP contribution < -0.4 is 5.32 Å². The van der Waals surface area contributed by atoms with Crippen LogP contribution in [0.15, 0.2) is 12.7 Å². The van der Waals surface area contributed by atoms with Gasteiger partial charge < -0.3 is 14.8 Å². The number of amides is 1. The van der Waals surface area contributed by atoms with Gasteiger partial charge in [-0.15, -0.1) is 6.58 Å². The van der Waals surface area contributed by atoms with Gasteiger partial charge in [-0.3, -0.25) is 0 Å². The fourth-order valence-corrected chi connectivity index (χ4v) is 1.02. The Kier molecular flexibility index (Phi) is 7.34. The maximum Gasteiger partial charge on any atom is 0.408 e. The highest BCUT2D eigenvalue weighted by molar-refractivity contribution is 6.67. The van der Waals surface area contributed by atoms with Crippen LogP contribution in [-0.2, 0) is 14.3 Å². The molecule has 0 aliphatic carbocycles. The number of carbonyl (C=O) groups is 2. The third-order valence-electron chi connectivity index (χ3n) is 1.55. The van der Waals surface area contributed by atoms with Crippen LogP contribution >= 0.6 is 34.8 Å².